The molecule has 1 aromatic carbocycles. The molecular formula is C15H17FN2O4S. The molecule has 1 heterocycles. The normalized spacial score (nSPS) is 20.5. The number of ether oxygens (including phenoxy) is 1. The topological polar surface area (TPSA) is 84.5 Å². The quantitative estimate of drug-likeness (QED) is 0.751. The molecule has 1 aliphatic heterocycles. The summed E-state index contributed by atoms with van der Waals surface area (Å²) < 4.78 is 18.1. The molecule has 2 N–H and O–H groups in total. The molecule has 0 radical (unpaired) electrons. The lowest BCUT2D eigenvalue weighted by molar-refractivity contribution is -0.141. The summed E-state index contributed by atoms with van der Waals surface area (Å²) in [6, 6.07) is 5.58. The standard InChI is InChI=1S/C15H17FN2O4S/c1-22-13(19)7-17-14(20)11-8-23-12(15(21)18-11)6-9-4-2-3-5-10(9)16/h2-5,11-12H,6-8H2,1H3,(H,17,20)(H,18,21)/t11-,12-/m1/s1. The molecule has 0 aromatic heterocycles. The Hall–Kier alpha value is -2.09. The average molecular weight is 340 g/mol. The van der Waals surface area contributed by atoms with Gasteiger partial charge < -0.3 is 15.4 Å². The van der Waals surface area contributed by atoms with E-state index >= 15 is 0 Å². The molecule has 23 heavy (non-hydrogen) atoms. The number of amides is 2. The second-order valence-electron chi connectivity index (χ2n) is 4.97. The molecule has 0 aliphatic carbocycles. The van der Waals surface area contributed by atoms with E-state index in [9.17, 15) is 18.8 Å². The van der Waals surface area contributed by atoms with Crippen molar-refractivity contribution in [2.24, 2.45) is 0 Å². The molecule has 0 saturated carbocycles. The lowest BCUT2D eigenvalue weighted by Crippen LogP contribution is -2.55. The zero-order valence-electron chi connectivity index (χ0n) is 12.5. The first-order valence-electron chi connectivity index (χ1n) is 7.01. The highest BCUT2D eigenvalue weighted by atomic mass is 32.2. The molecule has 1 aliphatic rings. The van der Waals surface area contributed by atoms with Gasteiger partial charge in [-0.05, 0) is 18.1 Å². The van der Waals surface area contributed by atoms with E-state index in [-0.39, 0.29) is 24.7 Å². The molecule has 0 spiro atoms. The van der Waals surface area contributed by atoms with Crippen molar-refractivity contribution >= 4 is 29.5 Å². The fourth-order valence-electron chi connectivity index (χ4n) is 2.11. The van der Waals surface area contributed by atoms with E-state index in [4.69, 9.17) is 0 Å². The van der Waals surface area contributed by atoms with Crippen LogP contribution in [0.1, 0.15) is 5.56 Å². The van der Waals surface area contributed by atoms with Crippen LogP contribution in [0.3, 0.4) is 0 Å². The first-order chi connectivity index (χ1) is 11.0. The summed E-state index contributed by atoms with van der Waals surface area (Å²) in [6.07, 6.45) is 0.264. The largest absolute Gasteiger partial charge is 0.468 e. The van der Waals surface area contributed by atoms with Gasteiger partial charge in [0, 0.05) is 5.75 Å². The Kier molecular flexibility index (Phi) is 5.97. The minimum Gasteiger partial charge on any atom is -0.468 e. The van der Waals surface area contributed by atoms with Gasteiger partial charge in [-0.15, -0.1) is 11.8 Å². The number of methoxy groups -OCH3 is 1. The van der Waals surface area contributed by atoms with E-state index in [1.807, 2.05) is 0 Å². The fourth-order valence-corrected chi connectivity index (χ4v) is 3.28. The summed E-state index contributed by atoms with van der Waals surface area (Å²) in [4.78, 5) is 35.0. The Bertz CT molecular complexity index is 611. The minimum atomic E-state index is -0.714. The molecule has 0 unspecified atom stereocenters. The van der Waals surface area contributed by atoms with Crippen molar-refractivity contribution in [3.63, 3.8) is 0 Å². The highest BCUT2D eigenvalue weighted by Gasteiger charge is 2.32. The molecule has 6 nitrogen and oxygen atoms in total. The first-order valence-corrected chi connectivity index (χ1v) is 8.06. The minimum absolute atomic E-state index is 0.245. The third kappa shape index (κ3) is 4.69. The van der Waals surface area contributed by atoms with Gasteiger partial charge >= 0.3 is 5.97 Å². The van der Waals surface area contributed by atoms with Crippen LogP contribution in [0.5, 0.6) is 0 Å². The molecule has 1 aromatic rings. The van der Waals surface area contributed by atoms with Crippen LogP contribution in [0.2, 0.25) is 0 Å². The van der Waals surface area contributed by atoms with E-state index in [1.165, 1.54) is 24.9 Å². The molecular weight excluding hydrogens is 323 g/mol. The van der Waals surface area contributed by atoms with Crippen molar-refractivity contribution in [1.82, 2.24) is 10.6 Å². The van der Waals surface area contributed by atoms with Gasteiger partial charge in [0.25, 0.3) is 0 Å². The number of halogens is 1. The van der Waals surface area contributed by atoms with Crippen LogP contribution < -0.4 is 10.6 Å². The van der Waals surface area contributed by atoms with Crippen molar-refractivity contribution in [2.75, 3.05) is 19.4 Å². The van der Waals surface area contributed by atoms with Gasteiger partial charge in [-0.2, -0.15) is 0 Å². The van der Waals surface area contributed by atoms with Gasteiger partial charge in [-0.3, -0.25) is 14.4 Å². The molecule has 1 saturated heterocycles. The number of esters is 1. The van der Waals surface area contributed by atoms with Crippen LogP contribution in [0, 0.1) is 5.82 Å². The number of benzene rings is 1. The summed E-state index contributed by atoms with van der Waals surface area (Å²) in [5.74, 6) is -1.31. The Labute approximate surface area is 137 Å². The summed E-state index contributed by atoms with van der Waals surface area (Å²) in [7, 11) is 1.22. The van der Waals surface area contributed by atoms with E-state index in [0.717, 1.165) is 0 Å². The smallest absolute Gasteiger partial charge is 0.325 e. The predicted octanol–water partition coefficient (Wildman–Crippen LogP) is 0.258. The van der Waals surface area contributed by atoms with Gasteiger partial charge in [0.05, 0.1) is 12.4 Å². The average Bonchev–Trinajstić information content (AvgIpc) is 2.56. The van der Waals surface area contributed by atoms with E-state index < -0.39 is 23.2 Å². The van der Waals surface area contributed by atoms with Gasteiger partial charge in [0.1, 0.15) is 18.4 Å². The lowest BCUT2D eigenvalue weighted by atomic mass is 10.1. The number of carbonyl (C=O) groups excluding carboxylic acids is 3. The van der Waals surface area contributed by atoms with Gasteiger partial charge in [0.15, 0.2) is 0 Å². The summed E-state index contributed by atoms with van der Waals surface area (Å²) >= 11 is 1.30. The number of hydrogen-bond acceptors (Lipinski definition) is 5. The second-order valence-corrected chi connectivity index (χ2v) is 6.21. The molecule has 0 bridgehead atoms. The van der Waals surface area contributed by atoms with Crippen LogP contribution in [0.4, 0.5) is 4.39 Å². The highest BCUT2D eigenvalue weighted by Crippen LogP contribution is 2.23. The van der Waals surface area contributed by atoms with Crippen molar-refractivity contribution in [3.05, 3.63) is 35.6 Å². The number of hydrogen-bond donors (Lipinski definition) is 2. The zero-order chi connectivity index (χ0) is 16.8. The maximum absolute atomic E-state index is 13.6. The van der Waals surface area contributed by atoms with Crippen LogP contribution in [0.25, 0.3) is 0 Å². The SMILES string of the molecule is COC(=O)CNC(=O)[C@H]1CS[C@H](Cc2ccccc2F)C(=O)N1. The molecule has 124 valence electrons. The summed E-state index contributed by atoms with van der Waals surface area (Å²) in [5, 5.41) is 4.55. The molecule has 1 fully saturated rings. The number of nitrogens with one attached hydrogen (secondary N) is 2. The van der Waals surface area contributed by atoms with Crippen LogP contribution >= 0.6 is 11.8 Å². The first kappa shape index (κ1) is 17.3. The fraction of sp³-hybridized carbons (Fsp3) is 0.400. The van der Waals surface area contributed by atoms with Crippen LogP contribution in [-0.2, 0) is 25.5 Å². The predicted molar refractivity (Wildman–Crippen MR) is 83.3 cm³/mol. The molecule has 2 amide bonds. The molecule has 2 atom stereocenters. The van der Waals surface area contributed by atoms with Crippen LogP contribution in [-0.4, -0.2) is 48.5 Å². The van der Waals surface area contributed by atoms with E-state index in [1.54, 1.807) is 18.2 Å². The van der Waals surface area contributed by atoms with Crippen LogP contribution in [0.15, 0.2) is 24.3 Å². The van der Waals surface area contributed by atoms with Gasteiger partial charge in [-0.1, -0.05) is 18.2 Å². The maximum Gasteiger partial charge on any atom is 0.325 e. The van der Waals surface area contributed by atoms with Crippen molar-refractivity contribution in [2.45, 2.75) is 17.7 Å². The maximum atomic E-state index is 13.6. The zero-order valence-corrected chi connectivity index (χ0v) is 13.3. The van der Waals surface area contributed by atoms with Gasteiger partial charge in [-0.25, -0.2) is 4.39 Å². The Morgan fingerprint density at radius 1 is 1.43 bits per heavy atom. The summed E-state index contributed by atoms with van der Waals surface area (Å²) in [6.45, 7) is -0.245. The molecule has 8 heteroatoms. The van der Waals surface area contributed by atoms with Crippen molar-refractivity contribution in [3.8, 4) is 0 Å². The number of thioether (sulfide) groups is 1. The van der Waals surface area contributed by atoms with Crippen molar-refractivity contribution in [1.29, 1.82) is 0 Å². The third-order valence-corrected chi connectivity index (χ3v) is 4.70. The molecule has 2 rings (SSSR count). The number of carbonyl (C=O) groups is 3. The second kappa shape index (κ2) is 7.96. The van der Waals surface area contributed by atoms with E-state index in [0.29, 0.717) is 11.3 Å². The number of rotatable bonds is 5. The highest BCUT2D eigenvalue weighted by molar-refractivity contribution is 8.00. The monoisotopic (exact) mass is 340 g/mol. The van der Waals surface area contributed by atoms with Crippen molar-refractivity contribution < 1.29 is 23.5 Å². The third-order valence-electron chi connectivity index (χ3n) is 3.39. The van der Waals surface area contributed by atoms with E-state index in [2.05, 4.69) is 15.4 Å². The lowest BCUT2D eigenvalue weighted by Gasteiger charge is -2.28. The Morgan fingerprint density at radius 3 is 2.83 bits per heavy atom. The summed E-state index contributed by atoms with van der Waals surface area (Å²) in [5.41, 5.74) is 0.466. The Morgan fingerprint density at radius 2 is 2.17 bits per heavy atom. The van der Waals surface area contributed by atoms with Gasteiger partial charge in [0.2, 0.25) is 11.8 Å². The Balaban J connectivity index is 1.87.